The molecular formula is C21H24FNO4. The molecule has 1 amide bonds. The first kappa shape index (κ1) is 19.0. The number of nitrogens with zero attached hydrogens (tertiary/aromatic N) is 1. The summed E-state index contributed by atoms with van der Waals surface area (Å²) in [6.07, 6.45) is 0.979. The molecule has 0 N–H and O–H groups in total. The molecule has 1 heterocycles. The highest BCUT2D eigenvalue weighted by Crippen LogP contribution is 2.37. The van der Waals surface area contributed by atoms with Crippen LogP contribution in [-0.4, -0.2) is 37.7 Å². The zero-order chi connectivity index (χ0) is 19.4. The van der Waals surface area contributed by atoms with Crippen molar-refractivity contribution in [2.45, 2.75) is 31.9 Å². The molecule has 1 fully saturated rings. The summed E-state index contributed by atoms with van der Waals surface area (Å²) in [5.74, 6) is 0.726. The number of likely N-dealkylation sites (tertiary alicyclic amines) is 1. The van der Waals surface area contributed by atoms with Crippen LogP contribution in [0.4, 0.5) is 4.39 Å². The maximum absolute atomic E-state index is 13.8. The third-order valence-corrected chi connectivity index (χ3v) is 4.82. The van der Waals surface area contributed by atoms with Gasteiger partial charge in [0.15, 0.2) is 29.2 Å². The van der Waals surface area contributed by atoms with Crippen LogP contribution in [-0.2, 0) is 4.79 Å². The van der Waals surface area contributed by atoms with Gasteiger partial charge < -0.3 is 19.1 Å². The standard InChI is InChI=1S/C21H24FNO4/c1-14(27-18-9-5-4-7-16(18)22)21(24)23-12-6-8-17(23)15-10-11-19(25-2)20(13-15)26-3/h4-5,7,9-11,13-14,17H,6,8,12H2,1-3H3/t14-,17+/m1/s1. The summed E-state index contributed by atoms with van der Waals surface area (Å²) in [6, 6.07) is 11.7. The number of benzene rings is 2. The van der Waals surface area contributed by atoms with Crippen molar-refractivity contribution in [3.63, 3.8) is 0 Å². The van der Waals surface area contributed by atoms with Gasteiger partial charge in [0.1, 0.15) is 0 Å². The average molecular weight is 373 g/mol. The lowest BCUT2D eigenvalue weighted by Gasteiger charge is -2.28. The Kier molecular flexibility index (Phi) is 5.84. The van der Waals surface area contributed by atoms with E-state index >= 15 is 0 Å². The van der Waals surface area contributed by atoms with Gasteiger partial charge in [-0.2, -0.15) is 0 Å². The lowest BCUT2D eigenvalue weighted by Crippen LogP contribution is -2.40. The Bertz CT molecular complexity index is 811. The summed E-state index contributed by atoms with van der Waals surface area (Å²) < 4.78 is 30.0. The molecule has 1 aliphatic rings. The summed E-state index contributed by atoms with van der Waals surface area (Å²) in [4.78, 5) is 14.7. The van der Waals surface area contributed by atoms with Gasteiger partial charge in [0, 0.05) is 6.54 Å². The molecule has 144 valence electrons. The van der Waals surface area contributed by atoms with Gasteiger partial charge in [0.05, 0.1) is 20.3 Å². The van der Waals surface area contributed by atoms with Crippen molar-refractivity contribution in [2.24, 2.45) is 0 Å². The fourth-order valence-electron chi connectivity index (χ4n) is 3.45. The van der Waals surface area contributed by atoms with Gasteiger partial charge in [-0.25, -0.2) is 4.39 Å². The van der Waals surface area contributed by atoms with Crippen molar-refractivity contribution < 1.29 is 23.4 Å². The minimum Gasteiger partial charge on any atom is -0.493 e. The number of ether oxygens (including phenoxy) is 3. The first-order chi connectivity index (χ1) is 13.0. The molecule has 0 aromatic heterocycles. The summed E-state index contributed by atoms with van der Waals surface area (Å²) in [6.45, 7) is 2.29. The number of carbonyl (C=O) groups excluding carboxylic acids is 1. The van der Waals surface area contributed by atoms with Crippen LogP contribution < -0.4 is 14.2 Å². The Morgan fingerprint density at radius 1 is 1.11 bits per heavy atom. The van der Waals surface area contributed by atoms with Crippen LogP contribution in [0.25, 0.3) is 0 Å². The molecule has 5 nitrogen and oxygen atoms in total. The Hall–Kier alpha value is -2.76. The van der Waals surface area contributed by atoms with Crippen LogP contribution in [0.1, 0.15) is 31.4 Å². The van der Waals surface area contributed by atoms with Crippen LogP contribution in [0.15, 0.2) is 42.5 Å². The predicted octanol–water partition coefficient (Wildman–Crippen LogP) is 3.97. The highest BCUT2D eigenvalue weighted by atomic mass is 19.1. The zero-order valence-electron chi connectivity index (χ0n) is 15.8. The van der Waals surface area contributed by atoms with Gasteiger partial charge in [0.25, 0.3) is 5.91 Å². The van der Waals surface area contributed by atoms with E-state index in [0.29, 0.717) is 18.0 Å². The molecule has 6 heteroatoms. The highest BCUT2D eigenvalue weighted by Gasteiger charge is 2.34. The Balaban J connectivity index is 1.77. The van der Waals surface area contributed by atoms with E-state index in [4.69, 9.17) is 14.2 Å². The molecule has 0 bridgehead atoms. The second-order valence-corrected chi connectivity index (χ2v) is 6.49. The average Bonchev–Trinajstić information content (AvgIpc) is 3.18. The highest BCUT2D eigenvalue weighted by molar-refractivity contribution is 5.81. The normalized spacial score (nSPS) is 17.5. The summed E-state index contributed by atoms with van der Waals surface area (Å²) in [5.41, 5.74) is 0.983. The van der Waals surface area contributed by atoms with Crippen LogP contribution in [0.5, 0.6) is 17.2 Å². The van der Waals surface area contributed by atoms with Crippen molar-refractivity contribution in [1.29, 1.82) is 0 Å². The van der Waals surface area contributed by atoms with Crippen molar-refractivity contribution >= 4 is 5.91 Å². The lowest BCUT2D eigenvalue weighted by atomic mass is 10.0. The molecule has 2 aromatic rings. The zero-order valence-corrected chi connectivity index (χ0v) is 15.8. The van der Waals surface area contributed by atoms with Gasteiger partial charge in [-0.3, -0.25) is 4.79 Å². The first-order valence-corrected chi connectivity index (χ1v) is 8.98. The molecule has 0 radical (unpaired) electrons. The molecule has 3 rings (SSSR count). The Labute approximate surface area is 158 Å². The molecule has 0 aliphatic carbocycles. The number of hydrogen-bond donors (Lipinski definition) is 0. The van der Waals surface area contributed by atoms with Gasteiger partial charge in [0.2, 0.25) is 0 Å². The molecule has 2 atom stereocenters. The van der Waals surface area contributed by atoms with Crippen LogP contribution in [0.2, 0.25) is 0 Å². The van der Waals surface area contributed by atoms with E-state index in [1.54, 1.807) is 38.2 Å². The van der Waals surface area contributed by atoms with E-state index in [-0.39, 0.29) is 17.7 Å². The van der Waals surface area contributed by atoms with E-state index in [9.17, 15) is 9.18 Å². The smallest absolute Gasteiger partial charge is 0.263 e. The number of hydrogen-bond acceptors (Lipinski definition) is 4. The number of methoxy groups -OCH3 is 2. The number of rotatable bonds is 6. The third kappa shape index (κ3) is 3.99. The number of halogens is 1. The van der Waals surface area contributed by atoms with Gasteiger partial charge in [-0.1, -0.05) is 18.2 Å². The summed E-state index contributed by atoms with van der Waals surface area (Å²) in [5, 5.41) is 0. The third-order valence-electron chi connectivity index (χ3n) is 4.82. The molecular weight excluding hydrogens is 349 g/mol. The van der Waals surface area contributed by atoms with Crippen LogP contribution >= 0.6 is 0 Å². The molecule has 0 saturated carbocycles. The lowest BCUT2D eigenvalue weighted by molar-refractivity contribution is -0.139. The summed E-state index contributed by atoms with van der Waals surface area (Å²) in [7, 11) is 3.17. The van der Waals surface area contributed by atoms with Gasteiger partial charge >= 0.3 is 0 Å². The molecule has 1 saturated heterocycles. The largest absolute Gasteiger partial charge is 0.493 e. The van der Waals surface area contributed by atoms with Crippen LogP contribution in [0, 0.1) is 5.82 Å². The minimum absolute atomic E-state index is 0.0658. The quantitative estimate of drug-likeness (QED) is 0.769. The fourth-order valence-corrected chi connectivity index (χ4v) is 3.45. The topological polar surface area (TPSA) is 48.0 Å². The molecule has 0 spiro atoms. The number of amides is 1. The van der Waals surface area contributed by atoms with E-state index in [1.165, 1.54) is 12.1 Å². The molecule has 27 heavy (non-hydrogen) atoms. The number of para-hydroxylation sites is 1. The molecule has 0 unspecified atom stereocenters. The maximum atomic E-state index is 13.8. The van der Waals surface area contributed by atoms with Gasteiger partial charge in [-0.05, 0) is 49.6 Å². The second-order valence-electron chi connectivity index (χ2n) is 6.49. The Morgan fingerprint density at radius 2 is 1.85 bits per heavy atom. The van der Waals surface area contributed by atoms with Crippen molar-refractivity contribution in [1.82, 2.24) is 4.90 Å². The molecule has 2 aromatic carbocycles. The summed E-state index contributed by atoms with van der Waals surface area (Å²) >= 11 is 0. The van der Waals surface area contributed by atoms with Crippen molar-refractivity contribution in [2.75, 3.05) is 20.8 Å². The predicted molar refractivity (Wildman–Crippen MR) is 99.7 cm³/mol. The fraction of sp³-hybridized carbons (Fsp3) is 0.381. The minimum atomic E-state index is -0.775. The van der Waals surface area contributed by atoms with Crippen LogP contribution in [0.3, 0.4) is 0 Å². The van der Waals surface area contributed by atoms with E-state index < -0.39 is 11.9 Å². The van der Waals surface area contributed by atoms with E-state index in [0.717, 1.165) is 18.4 Å². The first-order valence-electron chi connectivity index (χ1n) is 8.98. The molecule has 1 aliphatic heterocycles. The van der Waals surface area contributed by atoms with Crippen molar-refractivity contribution in [3.8, 4) is 17.2 Å². The van der Waals surface area contributed by atoms with Crippen molar-refractivity contribution in [3.05, 3.63) is 53.8 Å². The number of carbonyl (C=O) groups is 1. The monoisotopic (exact) mass is 373 g/mol. The Morgan fingerprint density at radius 3 is 2.56 bits per heavy atom. The SMILES string of the molecule is COc1ccc([C@@H]2CCCN2C(=O)[C@@H](C)Oc2ccccc2F)cc1OC. The second kappa shape index (κ2) is 8.29. The van der Waals surface area contributed by atoms with E-state index in [1.807, 2.05) is 18.2 Å². The van der Waals surface area contributed by atoms with E-state index in [2.05, 4.69) is 0 Å². The van der Waals surface area contributed by atoms with Gasteiger partial charge in [-0.15, -0.1) is 0 Å². The maximum Gasteiger partial charge on any atom is 0.263 e.